The molecule has 0 amide bonds. The van der Waals surface area contributed by atoms with Crippen molar-refractivity contribution in [1.82, 2.24) is 10.3 Å². The van der Waals surface area contributed by atoms with Crippen LogP contribution in [-0.2, 0) is 6.54 Å². The van der Waals surface area contributed by atoms with Crippen LogP contribution >= 0.6 is 0 Å². The minimum absolute atomic E-state index is 0.347. The standard InChI is InChI=1S/C19H22N2/c1-13-7-8-17(14(2)11-13)15(3)21-12-16-5-4-6-19-18(16)9-10-20-19/h4-11,15,20-21H,12H2,1-3H3. The van der Waals surface area contributed by atoms with Crippen molar-refractivity contribution in [3.63, 3.8) is 0 Å². The Labute approximate surface area is 126 Å². The van der Waals surface area contributed by atoms with E-state index >= 15 is 0 Å². The van der Waals surface area contributed by atoms with Crippen molar-refractivity contribution in [3.8, 4) is 0 Å². The van der Waals surface area contributed by atoms with Crippen molar-refractivity contribution >= 4 is 10.9 Å². The lowest BCUT2D eigenvalue weighted by molar-refractivity contribution is 0.574. The van der Waals surface area contributed by atoms with Crippen molar-refractivity contribution in [2.24, 2.45) is 0 Å². The van der Waals surface area contributed by atoms with Crippen molar-refractivity contribution in [2.75, 3.05) is 0 Å². The molecular weight excluding hydrogens is 256 g/mol. The Morgan fingerprint density at radius 2 is 1.95 bits per heavy atom. The minimum atomic E-state index is 0.347. The molecule has 3 aromatic rings. The average molecular weight is 278 g/mol. The summed E-state index contributed by atoms with van der Waals surface area (Å²) in [6, 6.07) is 15.6. The zero-order valence-corrected chi connectivity index (χ0v) is 12.9. The van der Waals surface area contributed by atoms with E-state index in [4.69, 9.17) is 0 Å². The fraction of sp³-hybridized carbons (Fsp3) is 0.263. The van der Waals surface area contributed by atoms with Gasteiger partial charge in [-0.1, -0.05) is 35.9 Å². The summed E-state index contributed by atoms with van der Waals surface area (Å²) in [7, 11) is 0. The lowest BCUT2D eigenvalue weighted by Crippen LogP contribution is -2.19. The maximum atomic E-state index is 3.64. The fourth-order valence-corrected chi connectivity index (χ4v) is 2.99. The molecule has 2 aromatic carbocycles. The van der Waals surface area contributed by atoms with E-state index in [1.54, 1.807) is 0 Å². The summed E-state index contributed by atoms with van der Waals surface area (Å²) in [4.78, 5) is 3.27. The largest absolute Gasteiger partial charge is 0.361 e. The van der Waals surface area contributed by atoms with Crippen LogP contribution in [0.3, 0.4) is 0 Å². The van der Waals surface area contributed by atoms with Gasteiger partial charge in [0.05, 0.1) is 0 Å². The molecule has 0 bridgehead atoms. The van der Waals surface area contributed by atoms with Gasteiger partial charge in [-0.3, -0.25) is 0 Å². The van der Waals surface area contributed by atoms with E-state index in [0.717, 1.165) is 6.54 Å². The summed E-state index contributed by atoms with van der Waals surface area (Å²) < 4.78 is 0. The lowest BCUT2D eigenvalue weighted by Gasteiger charge is -2.17. The Kier molecular flexibility index (Phi) is 3.80. The molecule has 1 unspecified atom stereocenters. The maximum absolute atomic E-state index is 3.64. The van der Waals surface area contributed by atoms with Crippen LogP contribution in [0.15, 0.2) is 48.7 Å². The van der Waals surface area contributed by atoms with Gasteiger partial charge in [0.1, 0.15) is 0 Å². The Morgan fingerprint density at radius 1 is 1.10 bits per heavy atom. The third-order valence-corrected chi connectivity index (χ3v) is 4.18. The summed E-state index contributed by atoms with van der Waals surface area (Å²) in [6.07, 6.45) is 2.00. The molecule has 1 aromatic heterocycles. The first-order chi connectivity index (χ1) is 10.1. The zero-order chi connectivity index (χ0) is 14.8. The van der Waals surface area contributed by atoms with Crippen molar-refractivity contribution in [1.29, 1.82) is 0 Å². The molecule has 0 saturated carbocycles. The highest BCUT2D eigenvalue weighted by Crippen LogP contribution is 2.21. The molecule has 21 heavy (non-hydrogen) atoms. The summed E-state index contributed by atoms with van der Waals surface area (Å²) in [5.41, 5.74) is 6.59. The number of rotatable bonds is 4. The molecule has 0 aliphatic rings. The van der Waals surface area contributed by atoms with Crippen LogP contribution in [0.4, 0.5) is 0 Å². The SMILES string of the molecule is Cc1ccc(C(C)NCc2cccc3[nH]ccc23)c(C)c1. The Bertz CT molecular complexity index is 755. The van der Waals surface area contributed by atoms with E-state index in [9.17, 15) is 0 Å². The number of hydrogen-bond donors (Lipinski definition) is 2. The van der Waals surface area contributed by atoms with Crippen LogP contribution in [0.2, 0.25) is 0 Å². The van der Waals surface area contributed by atoms with Gasteiger partial charge in [-0.05, 0) is 49.6 Å². The number of aryl methyl sites for hydroxylation is 2. The predicted molar refractivity (Wildman–Crippen MR) is 89.5 cm³/mol. The van der Waals surface area contributed by atoms with E-state index in [1.165, 1.54) is 33.2 Å². The van der Waals surface area contributed by atoms with Crippen LogP contribution in [0.1, 0.15) is 35.2 Å². The summed E-state index contributed by atoms with van der Waals surface area (Å²) in [6.45, 7) is 7.44. The highest BCUT2D eigenvalue weighted by molar-refractivity contribution is 5.82. The van der Waals surface area contributed by atoms with E-state index in [-0.39, 0.29) is 0 Å². The summed E-state index contributed by atoms with van der Waals surface area (Å²) in [5.74, 6) is 0. The molecule has 0 saturated heterocycles. The first-order valence-electron chi connectivity index (χ1n) is 7.50. The third-order valence-electron chi connectivity index (χ3n) is 4.18. The van der Waals surface area contributed by atoms with Crippen LogP contribution in [0.5, 0.6) is 0 Å². The third kappa shape index (κ3) is 2.86. The van der Waals surface area contributed by atoms with Gasteiger partial charge in [0.25, 0.3) is 0 Å². The van der Waals surface area contributed by atoms with Crippen LogP contribution in [0.25, 0.3) is 10.9 Å². The Balaban J connectivity index is 1.76. The number of H-pyrrole nitrogens is 1. The Hall–Kier alpha value is -2.06. The molecule has 2 heteroatoms. The number of aromatic amines is 1. The normalized spacial score (nSPS) is 12.7. The first kappa shape index (κ1) is 13.9. The van der Waals surface area contributed by atoms with Crippen LogP contribution < -0.4 is 5.32 Å². The monoisotopic (exact) mass is 278 g/mol. The second-order valence-corrected chi connectivity index (χ2v) is 5.82. The van der Waals surface area contributed by atoms with Gasteiger partial charge in [0, 0.05) is 29.7 Å². The second-order valence-electron chi connectivity index (χ2n) is 5.82. The van der Waals surface area contributed by atoms with E-state index in [2.05, 4.69) is 73.5 Å². The highest BCUT2D eigenvalue weighted by atomic mass is 14.9. The van der Waals surface area contributed by atoms with Gasteiger partial charge < -0.3 is 10.3 Å². The minimum Gasteiger partial charge on any atom is -0.361 e. The topological polar surface area (TPSA) is 27.8 Å². The van der Waals surface area contributed by atoms with Crippen molar-refractivity contribution in [3.05, 3.63) is 70.9 Å². The Morgan fingerprint density at radius 3 is 2.76 bits per heavy atom. The lowest BCUT2D eigenvalue weighted by atomic mass is 10.00. The molecule has 108 valence electrons. The van der Waals surface area contributed by atoms with Gasteiger partial charge in [-0.15, -0.1) is 0 Å². The molecule has 1 atom stereocenters. The molecule has 3 rings (SSSR count). The first-order valence-corrected chi connectivity index (χ1v) is 7.50. The van der Waals surface area contributed by atoms with Crippen LogP contribution in [0, 0.1) is 13.8 Å². The smallest absolute Gasteiger partial charge is 0.0457 e. The van der Waals surface area contributed by atoms with Gasteiger partial charge in [0.2, 0.25) is 0 Å². The zero-order valence-electron chi connectivity index (χ0n) is 12.9. The van der Waals surface area contributed by atoms with Gasteiger partial charge in [-0.2, -0.15) is 0 Å². The van der Waals surface area contributed by atoms with Crippen molar-refractivity contribution in [2.45, 2.75) is 33.4 Å². The number of benzene rings is 2. The average Bonchev–Trinajstić information content (AvgIpc) is 2.93. The summed E-state index contributed by atoms with van der Waals surface area (Å²) >= 11 is 0. The molecule has 2 nitrogen and oxygen atoms in total. The molecule has 0 aliphatic heterocycles. The van der Waals surface area contributed by atoms with Gasteiger partial charge >= 0.3 is 0 Å². The molecule has 1 heterocycles. The van der Waals surface area contributed by atoms with E-state index < -0.39 is 0 Å². The fourth-order valence-electron chi connectivity index (χ4n) is 2.99. The highest BCUT2D eigenvalue weighted by Gasteiger charge is 2.09. The molecule has 0 aliphatic carbocycles. The molecule has 2 N–H and O–H groups in total. The number of nitrogens with one attached hydrogen (secondary N) is 2. The molecule has 0 spiro atoms. The number of hydrogen-bond acceptors (Lipinski definition) is 1. The predicted octanol–water partition coefficient (Wildman–Crippen LogP) is 4.64. The molecular formula is C19H22N2. The molecule has 0 fully saturated rings. The van der Waals surface area contributed by atoms with Crippen molar-refractivity contribution < 1.29 is 0 Å². The van der Waals surface area contributed by atoms with E-state index in [0.29, 0.717) is 6.04 Å². The summed E-state index contributed by atoms with van der Waals surface area (Å²) in [5, 5.41) is 4.95. The van der Waals surface area contributed by atoms with Gasteiger partial charge in [0.15, 0.2) is 0 Å². The maximum Gasteiger partial charge on any atom is 0.0457 e. The molecule has 0 radical (unpaired) electrons. The second kappa shape index (κ2) is 5.74. The number of aromatic nitrogens is 1. The van der Waals surface area contributed by atoms with Gasteiger partial charge in [-0.25, -0.2) is 0 Å². The number of fused-ring (bicyclic) bond motifs is 1. The van der Waals surface area contributed by atoms with E-state index in [1.807, 2.05) is 6.20 Å². The quantitative estimate of drug-likeness (QED) is 0.715. The van der Waals surface area contributed by atoms with Crippen LogP contribution in [-0.4, -0.2) is 4.98 Å².